The van der Waals surface area contributed by atoms with Crippen LogP contribution in [0.3, 0.4) is 0 Å². The Hall–Kier alpha value is -0.810. The number of nitrogens with zero attached hydrogens (tertiary/aromatic N) is 1. The van der Waals surface area contributed by atoms with Gasteiger partial charge in [0.15, 0.2) is 0 Å². The van der Waals surface area contributed by atoms with Crippen molar-refractivity contribution in [2.45, 2.75) is 69.5 Å². The molecule has 0 aromatic rings. The van der Waals surface area contributed by atoms with Crippen molar-refractivity contribution in [3.8, 4) is 0 Å². The van der Waals surface area contributed by atoms with Crippen molar-refractivity contribution >= 4 is 24.2 Å². The molecule has 0 radical (unpaired) electrons. The zero-order chi connectivity index (χ0) is 14.1. The summed E-state index contributed by atoms with van der Waals surface area (Å²) in [4.78, 5) is 26.4. The van der Waals surface area contributed by atoms with Crippen LogP contribution in [-0.4, -0.2) is 41.4 Å². The van der Waals surface area contributed by atoms with Crippen LogP contribution < -0.4 is 11.1 Å². The van der Waals surface area contributed by atoms with Crippen molar-refractivity contribution in [1.29, 1.82) is 0 Å². The second-order valence-corrected chi connectivity index (χ2v) is 6.59. The molecule has 3 atom stereocenters. The van der Waals surface area contributed by atoms with E-state index < -0.39 is 0 Å². The smallest absolute Gasteiger partial charge is 0.243 e. The molecule has 0 aromatic carbocycles. The minimum absolute atomic E-state index is 0. The van der Waals surface area contributed by atoms with Gasteiger partial charge in [0.1, 0.15) is 6.04 Å². The Morgan fingerprint density at radius 2 is 1.86 bits per heavy atom. The monoisotopic (exact) mass is 315 g/mol. The number of hydrogen-bond acceptors (Lipinski definition) is 3. The third-order valence-electron chi connectivity index (χ3n) is 4.95. The molecule has 2 aliphatic carbocycles. The van der Waals surface area contributed by atoms with Crippen LogP contribution >= 0.6 is 12.4 Å². The van der Waals surface area contributed by atoms with Gasteiger partial charge in [-0.1, -0.05) is 6.42 Å². The number of carbonyl (C=O) groups is 2. The Kier molecular flexibility index (Phi) is 5.49. The van der Waals surface area contributed by atoms with Gasteiger partial charge < -0.3 is 16.0 Å². The van der Waals surface area contributed by atoms with Crippen LogP contribution in [0, 0.1) is 5.92 Å². The van der Waals surface area contributed by atoms with Crippen LogP contribution in [0.2, 0.25) is 0 Å². The van der Waals surface area contributed by atoms with Crippen molar-refractivity contribution in [3.05, 3.63) is 0 Å². The molecule has 3 rings (SSSR count). The molecule has 0 spiro atoms. The largest absolute Gasteiger partial charge is 0.352 e. The maximum Gasteiger partial charge on any atom is 0.243 e. The molecule has 1 unspecified atom stereocenters. The summed E-state index contributed by atoms with van der Waals surface area (Å²) < 4.78 is 0. The molecule has 1 saturated heterocycles. The van der Waals surface area contributed by atoms with E-state index in [0.29, 0.717) is 18.4 Å². The highest BCUT2D eigenvalue weighted by atomic mass is 35.5. The molecule has 1 heterocycles. The van der Waals surface area contributed by atoms with E-state index in [2.05, 4.69) is 5.32 Å². The number of amides is 2. The van der Waals surface area contributed by atoms with Gasteiger partial charge in [0.2, 0.25) is 11.8 Å². The molecule has 6 heteroatoms. The zero-order valence-electron chi connectivity index (χ0n) is 12.4. The van der Waals surface area contributed by atoms with Gasteiger partial charge in [0, 0.05) is 25.0 Å². The first kappa shape index (κ1) is 16.6. The number of hydrogen-bond donors (Lipinski definition) is 2. The Labute approximate surface area is 132 Å². The third kappa shape index (κ3) is 3.89. The molecular weight excluding hydrogens is 290 g/mol. The third-order valence-corrected chi connectivity index (χ3v) is 4.95. The van der Waals surface area contributed by atoms with Crippen molar-refractivity contribution in [3.63, 3.8) is 0 Å². The highest BCUT2D eigenvalue weighted by Gasteiger charge is 2.37. The molecule has 2 amide bonds. The van der Waals surface area contributed by atoms with E-state index in [1.165, 1.54) is 0 Å². The summed E-state index contributed by atoms with van der Waals surface area (Å²) in [6.45, 7) is 0.726. The van der Waals surface area contributed by atoms with Crippen molar-refractivity contribution in [2.75, 3.05) is 6.54 Å². The van der Waals surface area contributed by atoms with E-state index >= 15 is 0 Å². The molecule has 3 aliphatic rings. The Morgan fingerprint density at radius 3 is 2.48 bits per heavy atom. The van der Waals surface area contributed by atoms with Gasteiger partial charge in [-0.2, -0.15) is 0 Å². The summed E-state index contributed by atoms with van der Waals surface area (Å²) in [6.07, 6.45) is 7.65. The predicted molar refractivity (Wildman–Crippen MR) is 83.1 cm³/mol. The standard InChI is InChI=1S/C15H25N3O2.ClH/c16-12-4-1-3-10(12)9-14(19)18-8-2-5-13(18)15(20)17-11-6-7-11;/h10-13H,1-9,16H2,(H,17,20);1H/t10-,12+,13?;/m0./s1. The summed E-state index contributed by atoms with van der Waals surface area (Å²) in [5, 5.41) is 3.03. The first-order valence-corrected chi connectivity index (χ1v) is 8.00. The van der Waals surface area contributed by atoms with Crippen LogP contribution in [0.1, 0.15) is 51.4 Å². The lowest BCUT2D eigenvalue weighted by molar-refractivity contribution is -0.139. The summed E-state index contributed by atoms with van der Waals surface area (Å²) >= 11 is 0. The first-order valence-electron chi connectivity index (χ1n) is 8.00. The maximum absolute atomic E-state index is 12.5. The summed E-state index contributed by atoms with van der Waals surface area (Å²) in [5.41, 5.74) is 6.04. The minimum Gasteiger partial charge on any atom is -0.352 e. The molecule has 1 aliphatic heterocycles. The van der Waals surface area contributed by atoms with Crippen molar-refractivity contribution < 1.29 is 9.59 Å². The fourth-order valence-electron chi connectivity index (χ4n) is 3.52. The van der Waals surface area contributed by atoms with Crippen LogP contribution in [0.4, 0.5) is 0 Å². The van der Waals surface area contributed by atoms with Crippen molar-refractivity contribution in [2.24, 2.45) is 11.7 Å². The lowest BCUT2D eigenvalue weighted by atomic mass is 9.99. The first-order chi connectivity index (χ1) is 9.65. The topological polar surface area (TPSA) is 75.4 Å². The SMILES string of the molecule is Cl.N[C@@H]1CCC[C@H]1CC(=O)N1CCCC1C(=O)NC1CC1. The molecule has 120 valence electrons. The highest BCUT2D eigenvalue weighted by molar-refractivity contribution is 5.88. The van der Waals surface area contributed by atoms with Crippen LogP contribution in [0.15, 0.2) is 0 Å². The van der Waals surface area contributed by atoms with Gasteiger partial charge in [0.05, 0.1) is 0 Å². The zero-order valence-corrected chi connectivity index (χ0v) is 13.2. The Balaban J connectivity index is 0.00000161. The van der Waals surface area contributed by atoms with Crippen LogP contribution in [-0.2, 0) is 9.59 Å². The van der Waals surface area contributed by atoms with E-state index in [9.17, 15) is 9.59 Å². The van der Waals surface area contributed by atoms with E-state index in [-0.39, 0.29) is 36.3 Å². The average Bonchev–Trinajstić information content (AvgIpc) is 2.94. The second kappa shape index (κ2) is 6.97. The molecule has 0 bridgehead atoms. The Morgan fingerprint density at radius 1 is 1.10 bits per heavy atom. The van der Waals surface area contributed by atoms with Gasteiger partial charge in [0.25, 0.3) is 0 Å². The lowest BCUT2D eigenvalue weighted by Crippen LogP contribution is -2.47. The van der Waals surface area contributed by atoms with Gasteiger partial charge in [-0.25, -0.2) is 0 Å². The maximum atomic E-state index is 12.5. The Bertz CT molecular complexity index is 400. The molecule has 3 fully saturated rings. The average molecular weight is 316 g/mol. The second-order valence-electron chi connectivity index (χ2n) is 6.59. The highest BCUT2D eigenvalue weighted by Crippen LogP contribution is 2.29. The van der Waals surface area contributed by atoms with Gasteiger partial charge in [-0.15, -0.1) is 12.4 Å². The number of rotatable bonds is 4. The fraction of sp³-hybridized carbons (Fsp3) is 0.867. The number of nitrogens with two attached hydrogens (primary N) is 1. The van der Waals surface area contributed by atoms with E-state index in [1.54, 1.807) is 4.90 Å². The summed E-state index contributed by atoms with van der Waals surface area (Å²) in [6, 6.07) is 0.296. The number of likely N-dealkylation sites (tertiary alicyclic amines) is 1. The summed E-state index contributed by atoms with van der Waals surface area (Å²) in [5.74, 6) is 0.491. The molecule has 2 saturated carbocycles. The number of halogens is 1. The normalized spacial score (nSPS) is 31.9. The van der Waals surface area contributed by atoms with Crippen molar-refractivity contribution in [1.82, 2.24) is 10.2 Å². The van der Waals surface area contributed by atoms with E-state index in [0.717, 1.165) is 51.5 Å². The van der Waals surface area contributed by atoms with Crippen LogP contribution in [0.25, 0.3) is 0 Å². The lowest BCUT2D eigenvalue weighted by Gasteiger charge is -2.26. The molecule has 0 aromatic heterocycles. The molecular formula is C15H26ClN3O2. The fourth-order valence-corrected chi connectivity index (χ4v) is 3.52. The van der Waals surface area contributed by atoms with Crippen LogP contribution in [0.5, 0.6) is 0 Å². The molecule has 21 heavy (non-hydrogen) atoms. The van der Waals surface area contributed by atoms with E-state index in [1.807, 2.05) is 0 Å². The molecule has 3 N–H and O–H groups in total. The quantitative estimate of drug-likeness (QED) is 0.818. The summed E-state index contributed by atoms with van der Waals surface area (Å²) in [7, 11) is 0. The van der Waals surface area contributed by atoms with E-state index in [4.69, 9.17) is 5.73 Å². The number of nitrogens with one attached hydrogen (secondary N) is 1. The van der Waals surface area contributed by atoms with Gasteiger partial charge >= 0.3 is 0 Å². The minimum atomic E-state index is -0.235. The molecule has 5 nitrogen and oxygen atoms in total. The number of carbonyl (C=O) groups excluding carboxylic acids is 2. The predicted octanol–water partition coefficient (Wildman–Crippen LogP) is 1.20. The van der Waals surface area contributed by atoms with Gasteiger partial charge in [-0.05, 0) is 44.4 Å². The van der Waals surface area contributed by atoms with Gasteiger partial charge in [-0.3, -0.25) is 9.59 Å².